The number of rotatable bonds is 5. The lowest BCUT2D eigenvalue weighted by atomic mass is 9.97. The molecule has 1 N–H and O–H groups in total. The van der Waals surface area contributed by atoms with Gasteiger partial charge in [-0.15, -0.1) is 0 Å². The van der Waals surface area contributed by atoms with Crippen molar-refractivity contribution in [2.75, 3.05) is 20.3 Å². The Morgan fingerprint density at radius 1 is 0.947 bits per heavy atom. The van der Waals surface area contributed by atoms with Crippen LogP contribution in [0.2, 0.25) is 5.02 Å². The molecule has 5 aromatic rings. The molecule has 0 saturated carbocycles. The fourth-order valence-corrected chi connectivity index (χ4v) is 5.73. The lowest BCUT2D eigenvalue weighted by Crippen LogP contribution is -2.39. The molecular weight excluding hydrogens is 502 g/mol. The minimum Gasteiger partial charge on any atom is -0.497 e. The summed E-state index contributed by atoms with van der Waals surface area (Å²) in [6.45, 7) is 3.22. The SMILES string of the molecule is COc1ccc2ccc(-c3ccc(-c4nc5nc(OC6CO[C@]7(C)CCO[C@H]67)[nH]c5cc4Cl)cc3)cc2c1. The van der Waals surface area contributed by atoms with Crippen molar-refractivity contribution in [3.8, 4) is 34.1 Å². The van der Waals surface area contributed by atoms with Gasteiger partial charge < -0.3 is 23.9 Å². The number of hydrogen-bond acceptors (Lipinski definition) is 6. The Kier molecular flexibility index (Phi) is 5.54. The second kappa shape index (κ2) is 8.98. The van der Waals surface area contributed by atoms with Crippen molar-refractivity contribution in [1.82, 2.24) is 15.0 Å². The maximum atomic E-state index is 6.66. The number of halogens is 1. The Balaban J connectivity index is 1.15. The van der Waals surface area contributed by atoms with Gasteiger partial charge in [-0.2, -0.15) is 4.98 Å². The number of hydrogen-bond donors (Lipinski definition) is 1. The number of H-pyrrole nitrogens is 1. The molecule has 4 heterocycles. The van der Waals surface area contributed by atoms with Gasteiger partial charge in [0.1, 0.15) is 11.9 Å². The van der Waals surface area contributed by atoms with E-state index in [1.165, 1.54) is 5.39 Å². The van der Waals surface area contributed by atoms with Crippen molar-refractivity contribution in [2.24, 2.45) is 0 Å². The zero-order valence-corrected chi connectivity index (χ0v) is 21.8. The summed E-state index contributed by atoms with van der Waals surface area (Å²) < 4.78 is 23.3. The van der Waals surface area contributed by atoms with Gasteiger partial charge in [0.05, 0.1) is 42.2 Å². The van der Waals surface area contributed by atoms with Crippen LogP contribution in [-0.2, 0) is 9.47 Å². The first kappa shape index (κ1) is 23.5. The predicted octanol–water partition coefficient (Wildman–Crippen LogP) is 6.43. The molecule has 3 atom stereocenters. The molecule has 0 radical (unpaired) electrons. The highest BCUT2D eigenvalue weighted by Crippen LogP contribution is 2.39. The fraction of sp³-hybridized carbons (Fsp3) is 0.267. The van der Waals surface area contributed by atoms with Crippen LogP contribution in [-0.4, -0.2) is 53.1 Å². The molecule has 2 saturated heterocycles. The first-order valence-corrected chi connectivity index (χ1v) is 13.0. The highest BCUT2D eigenvalue weighted by molar-refractivity contribution is 6.33. The van der Waals surface area contributed by atoms with E-state index in [9.17, 15) is 0 Å². The summed E-state index contributed by atoms with van der Waals surface area (Å²) >= 11 is 6.66. The molecule has 2 aliphatic rings. The number of ether oxygens (including phenoxy) is 4. The first-order valence-electron chi connectivity index (χ1n) is 12.7. The summed E-state index contributed by atoms with van der Waals surface area (Å²) in [5, 5.41) is 2.84. The summed E-state index contributed by atoms with van der Waals surface area (Å²) in [6, 6.07) is 23.0. The largest absolute Gasteiger partial charge is 0.497 e. The van der Waals surface area contributed by atoms with Gasteiger partial charge in [0.25, 0.3) is 6.01 Å². The van der Waals surface area contributed by atoms with Crippen LogP contribution in [0.1, 0.15) is 13.3 Å². The molecule has 0 amide bonds. The summed E-state index contributed by atoms with van der Waals surface area (Å²) in [5.74, 6) is 0.843. The topological polar surface area (TPSA) is 78.5 Å². The van der Waals surface area contributed by atoms with Crippen LogP contribution in [0.5, 0.6) is 11.8 Å². The molecular formula is C30H26ClN3O4. The highest BCUT2D eigenvalue weighted by atomic mass is 35.5. The monoisotopic (exact) mass is 527 g/mol. The zero-order chi connectivity index (χ0) is 25.9. The van der Waals surface area contributed by atoms with E-state index in [2.05, 4.69) is 53.3 Å². The van der Waals surface area contributed by atoms with Crippen molar-refractivity contribution in [1.29, 1.82) is 0 Å². The highest BCUT2D eigenvalue weighted by Gasteiger charge is 2.52. The summed E-state index contributed by atoms with van der Waals surface area (Å²) in [5.41, 5.74) is 4.77. The van der Waals surface area contributed by atoms with E-state index in [1.54, 1.807) is 7.11 Å². The lowest BCUT2D eigenvalue weighted by Gasteiger charge is -2.22. The average molecular weight is 528 g/mol. The second-order valence-electron chi connectivity index (χ2n) is 10.1. The van der Waals surface area contributed by atoms with Gasteiger partial charge in [-0.05, 0) is 53.1 Å². The third-order valence-electron chi connectivity index (χ3n) is 7.62. The average Bonchev–Trinajstić information content (AvgIpc) is 3.60. The Labute approximate surface area is 224 Å². The summed E-state index contributed by atoms with van der Waals surface area (Å²) in [6.07, 6.45) is 0.541. The lowest BCUT2D eigenvalue weighted by molar-refractivity contribution is -0.0124. The number of imidazole rings is 1. The van der Waals surface area contributed by atoms with Gasteiger partial charge in [0.2, 0.25) is 0 Å². The number of aromatic amines is 1. The Morgan fingerprint density at radius 3 is 2.58 bits per heavy atom. The van der Waals surface area contributed by atoms with Gasteiger partial charge in [-0.3, -0.25) is 0 Å². The van der Waals surface area contributed by atoms with Gasteiger partial charge in [-0.1, -0.05) is 54.1 Å². The molecule has 1 unspecified atom stereocenters. The number of fused-ring (bicyclic) bond motifs is 3. The summed E-state index contributed by atoms with van der Waals surface area (Å²) in [7, 11) is 1.68. The van der Waals surface area contributed by atoms with Gasteiger partial charge in [-0.25, -0.2) is 4.98 Å². The molecule has 0 aliphatic carbocycles. The Hall–Kier alpha value is -3.65. The third-order valence-corrected chi connectivity index (χ3v) is 7.91. The van der Waals surface area contributed by atoms with Crippen molar-refractivity contribution in [3.63, 3.8) is 0 Å². The van der Waals surface area contributed by atoms with Gasteiger partial charge >= 0.3 is 0 Å². The molecule has 7 rings (SSSR count). The maximum absolute atomic E-state index is 6.66. The molecule has 2 aromatic heterocycles. The van der Waals surface area contributed by atoms with Crippen molar-refractivity contribution < 1.29 is 18.9 Å². The van der Waals surface area contributed by atoms with E-state index < -0.39 is 0 Å². The molecule has 8 heteroatoms. The molecule has 7 nitrogen and oxygen atoms in total. The maximum Gasteiger partial charge on any atom is 0.296 e. The Bertz CT molecular complexity index is 1670. The van der Waals surface area contributed by atoms with Crippen LogP contribution in [0.4, 0.5) is 0 Å². The molecule has 0 bridgehead atoms. The van der Waals surface area contributed by atoms with Crippen LogP contribution >= 0.6 is 11.6 Å². The minimum atomic E-state index is -0.294. The van der Waals surface area contributed by atoms with E-state index in [-0.39, 0.29) is 17.8 Å². The quantitative estimate of drug-likeness (QED) is 0.284. The van der Waals surface area contributed by atoms with Crippen LogP contribution in [0.15, 0.2) is 66.7 Å². The molecule has 2 fully saturated rings. The smallest absolute Gasteiger partial charge is 0.296 e. The van der Waals surface area contributed by atoms with E-state index in [0.29, 0.717) is 41.1 Å². The predicted molar refractivity (Wildman–Crippen MR) is 147 cm³/mol. The van der Waals surface area contributed by atoms with Crippen LogP contribution < -0.4 is 9.47 Å². The van der Waals surface area contributed by atoms with Crippen LogP contribution in [0.25, 0.3) is 44.3 Å². The third kappa shape index (κ3) is 3.98. The van der Waals surface area contributed by atoms with Gasteiger partial charge in [0, 0.05) is 12.0 Å². The minimum absolute atomic E-state index is 0.106. The molecule has 38 heavy (non-hydrogen) atoms. The van der Waals surface area contributed by atoms with E-state index in [0.717, 1.165) is 34.2 Å². The first-order chi connectivity index (χ1) is 18.5. The molecule has 192 valence electrons. The fourth-order valence-electron chi connectivity index (χ4n) is 5.47. The number of aromatic nitrogens is 3. The van der Waals surface area contributed by atoms with Crippen molar-refractivity contribution in [3.05, 3.63) is 71.8 Å². The van der Waals surface area contributed by atoms with Crippen LogP contribution in [0.3, 0.4) is 0 Å². The number of nitrogens with zero attached hydrogens (tertiary/aromatic N) is 2. The molecule has 2 aliphatic heterocycles. The number of nitrogens with one attached hydrogen (secondary N) is 1. The zero-order valence-electron chi connectivity index (χ0n) is 21.0. The van der Waals surface area contributed by atoms with E-state index in [4.69, 9.17) is 35.5 Å². The number of benzene rings is 3. The second-order valence-corrected chi connectivity index (χ2v) is 10.5. The standard InChI is InChI=1S/C30H26ClN3O4/c1-30-11-12-36-27(30)25(16-37-30)38-29-32-24-15-23(31)26(33-28(24)34-29)19-6-3-17(4-7-19)20-8-5-18-9-10-22(35-2)14-21(18)13-20/h3-10,13-15,25,27H,11-12,16H2,1-2H3,(H,32,33,34)/t25?,27-,30-/m1/s1. The van der Waals surface area contributed by atoms with Crippen molar-refractivity contribution >= 4 is 33.5 Å². The van der Waals surface area contributed by atoms with Crippen LogP contribution in [0, 0.1) is 0 Å². The summed E-state index contributed by atoms with van der Waals surface area (Å²) in [4.78, 5) is 12.5. The number of pyridine rings is 1. The van der Waals surface area contributed by atoms with Gasteiger partial charge in [0.15, 0.2) is 11.8 Å². The van der Waals surface area contributed by atoms with E-state index in [1.807, 2.05) is 30.3 Å². The van der Waals surface area contributed by atoms with E-state index >= 15 is 0 Å². The normalized spacial score (nSPS) is 22.7. The van der Waals surface area contributed by atoms with Crippen molar-refractivity contribution in [2.45, 2.75) is 31.2 Å². The molecule has 3 aromatic carbocycles. The molecule has 0 spiro atoms. The number of methoxy groups -OCH3 is 1. The Morgan fingerprint density at radius 2 is 1.74 bits per heavy atom.